The van der Waals surface area contributed by atoms with E-state index in [4.69, 9.17) is 5.11 Å². The first-order valence-electron chi connectivity index (χ1n) is 4.68. The van der Waals surface area contributed by atoms with E-state index in [0.29, 0.717) is 13.0 Å². The summed E-state index contributed by atoms with van der Waals surface area (Å²) in [6, 6.07) is 0. The Bertz CT molecular complexity index is 360. The highest BCUT2D eigenvalue weighted by Crippen LogP contribution is 1.90. The number of hydrogen-bond acceptors (Lipinski definition) is 4. The van der Waals surface area contributed by atoms with Gasteiger partial charge in [-0.15, -0.1) is 0 Å². The Labute approximate surface area is 89.0 Å². The summed E-state index contributed by atoms with van der Waals surface area (Å²) >= 11 is 0. The summed E-state index contributed by atoms with van der Waals surface area (Å²) in [5.74, 6) is -0.238. The number of hydrogen-bond donors (Lipinski definition) is 2. The molecule has 0 atom stereocenters. The van der Waals surface area contributed by atoms with Crippen LogP contribution in [0.2, 0.25) is 0 Å². The maximum atomic E-state index is 11.1. The van der Waals surface area contributed by atoms with Gasteiger partial charge >= 0.3 is 0 Å². The van der Waals surface area contributed by atoms with Gasteiger partial charge in [-0.1, -0.05) is 0 Å². The van der Waals surface area contributed by atoms with Crippen LogP contribution in [0, 0.1) is 0 Å². The van der Waals surface area contributed by atoms with Gasteiger partial charge in [-0.2, -0.15) is 0 Å². The summed E-state index contributed by atoms with van der Waals surface area (Å²) in [4.78, 5) is 3.87. The number of aryl methyl sites for hydroxylation is 1. The van der Waals surface area contributed by atoms with Crippen molar-refractivity contribution in [1.82, 2.24) is 14.3 Å². The van der Waals surface area contributed by atoms with Gasteiger partial charge in [-0.05, 0) is 6.42 Å². The summed E-state index contributed by atoms with van der Waals surface area (Å²) in [6.45, 7) is 0.749. The lowest BCUT2D eigenvalue weighted by atomic mass is 10.4. The molecule has 15 heavy (non-hydrogen) atoms. The number of aromatic nitrogens is 2. The van der Waals surface area contributed by atoms with Gasteiger partial charge in [0.1, 0.15) is 0 Å². The van der Waals surface area contributed by atoms with Crippen LogP contribution in [-0.4, -0.2) is 42.0 Å². The van der Waals surface area contributed by atoms with E-state index >= 15 is 0 Å². The Kier molecular flexibility index (Phi) is 4.73. The van der Waals surface area contributed by atoms with Crippen LogP contribution in [0.5, 0.6) is 0 Å². The first kappa shape index (κ1) is 12.2. The van der Waals surface area contributed by atoms with Gasteiger partial charge in [0.2, 0.25) is 10.0 Å². The number of aliphatic hydroxyl groups is 1. The molecular formula is C8H15N3O3S. The number of rotatable bonds is 7. The third kappa shape index (κ3) is 4.91. The molecule has 6 nitrogen and oxygen atoms in total. The van der Waals surface area contributed by atoms with Crippen molar-refractivity contribution in [2.24, 2.45) is 0 Å². The van der Waals surface area contributed by atoms with Crippen molar-refractivity contribution in [1.29, 1.82) is 0 Å². The minimum Gasteiger partial charge on any atom is -0.395 e. The molecule has 1 aromatic rings. The fourth-order valence-electron chi connectivity index (χ4n) is 1.10. The zero-order valence-corrected chi connectivity index (χ0v) is 9.15. The van der Waals surface area contributed by atoms with E-state index in [1.165, 1.54) is 0 Å². The van der Waals surface area contributed by atoms with E-state index in [1.54, 1.807) is 12.5 Å². The second-order valence-corrected chi connectivity index (χ2v) is 5.02. The van der Waals surface area contributed by atoms with Crippen LogP contribution >= 0.6 is 0 Å². The second-order valence-electron chi connectivity index (χ2n) is 3.09. The molecule has 0 fully saturated rings. The second kappa shape index (κ2) is 5.84. The molecule has 0 aliphatic carbocycles. The molecule has 0 bridgehead atoms. The third-order valence-electron chi connectivity index (χ3n) is 1.83. The summed E-state index contributed by atoms with van der Waals surface area (Å²) in [5.41, 5.74) is 0. The highest BCUT2D eigenvalue weighted by Gasteiger charge is 2.07. The van der Waals surface area contributed by atoms with Crippen molar-refractivity contribution in [3.05, 3.63) is 18.7 Å². The fraction of sp³-hybridized carbons (Fsp3) is 0.625. The number of nitrogens with zero attached hydrogens (tertiary/aromatic N) is 2. The Balaban J connectivity index is 2.17. The first-order chi connectivity index (χ1) is 7.14. The molecule has 0 radical (unpaired) electrons. The van der Waals surface area contributed by atoms with Crippen LogP contribution in [0.4, 0.5) is 0 Å². The highest BCUT2D eigenvalue weighted by molar-refractivity contribution is 7.89. The minimum atomic E-state index is -3.30. The Hall–Kier alpha value is -0.920. The summed E-state index contributed by atoms with van der Waals surface area (Å²) in [6.07, 6.45) is 5.88. The van der Waals surface area contributed by atoms with Crippen LogP contribution in [0.3, 0.4) is 0 Å². The SMILES string of the molecule is O=S(=O)(CCO)NCCCn1ccnc1. The van der Waals surface area contributed by atoms with Crippen LogP contribution in [0.15, 0.2) is 18.7 Å². The van der Waals surface area contributed by atoms with Gasteiger partial charge in [0.05, 0.1) is 18.7 Å². The lowest BCUT2D eigenvalue weighted by molar-refractivity contribution is 0.319. The highest BCUT2D eigenvalue weighted by atomic mass is 32.2. The molecule has 0 aromatic carbocycles. The molecule has 1 aromatic heterocycles. The predicted octanol–water partition coefficient (Wildman–Crippen LogP) is -0.815. The lowest BCUT2D eigenvalue weighted by Gasteiger charge is -2.05. The van der Waals surface area contributed by atoms with Gasteiger partial charge in [0.15, 0.2) is 0 Å². The largest absolute Gasteiger partial charge is 0.395 e. The Morgan fingerprint density at radius 3 is 2.87 bits per heavy atom. The molecule has 0 aliphatic rings. The lowest BCUT2D eigenvalue weighted by Crippen LogP contribution is -2.29. The predicted molar refractivity (Wildman–Crippen MR) is 55.7 cm³/mol. The maximum absolute atomic E-state index is 11.1. The van der Waals surface area contributed by atoms with Crippen molar-refractivity contribution in [3.8, 4) is 0 Å². The zero-order chi connectivity index (χ0) is 11.1. The van der Waals surface area contributed by atoms with Gasteiger partial charge in [0, 0.05) is 25.5 Å². The molecule has 2 N–H and O–H groups in total. The molecule has 0 saturated heterocycles. The molecule has 0 aliphatic heterocycles. The summed E-state index contributed by atoms with van der Waals surface area (Å²) < 4.78 is 26.5. The number of nitrogens with one attached hydrogen (secondary N) is 1. The van der Waals surface area contributed by atoms with Crippen LogP contribution in [-0.2, 0) is 16.6 Å². The van der Waals surface area contributed by atoms with Crippen LogP contribution in [0.1, 0.15) is 6.42 Å². The smallest absolute Gasteiger partial charge is 0.213 e. The van der Waals surface area contributed by atoms with E-state index in [1.807, 2.05) is 10.8 Å². The van der Waals surface area contributed by atoms with Crippen molar-refractivity contribution in [2.75, 3.05) is 18.9 Å². The van der Waals surface area contributed by atoms with Crippen molar-refractivity contribution in [2.45, 2.75) is 13.0 Å². The van der Waals surface area contributed by atoms with E-state index in [2.05, 4.69) is 9.71 Å². The third-order valence-corrected chi connectivity index (χ3v) is 3.20. The number of aliphatic hydroxyl groups excluding tert-OH is 1. The van der Waals surface area contributed by atoms with E-state index in [9.17, 15) is 8.42 Å². The van der Waals surface area contributed by atoms with Crippen LogP contribution < -0.4 is 4.72 Å². The average Bonchev–Trinajstić information content (AvgIpc) is 2.65. The fourth-order valence-corrected chi connectivity index (χ4v) is 1.94. The van der Waals surface area contributed by atoms with Crippen molar-refractivity contribution in [3.63, 3.8) is 0 Å². The Morgan fingerprint density at radius 2 is 2.27 bits per heavy atom. The minimum absolute atomic E-state index is 0.238. The molecule has 0 spiro atoms. The van der Waals surface area contributed by atoms with E-state index in [-0.39, 0.29) is 12.4 Å². The molecule has 0 amide bonds. The van der Waals surface area contributed by atoms with Gasteiger partial charge in [-0.25, -0.2) is 18.1 Å². The average molecular weight is 233 g/mol. The van der Waals surface area contributed by atoms with Crippen molar-refractivity contribution < 1.29 is 13.5 Å². The zero-order valence-electron chi connectivity index (χ0n) is 8.33. The quantitative estimate of drug-likeness (QED) is 0.603. The Morgan fingerprint density at radius 1 is 1.47 bits per heavy atom. The summed E-state index contributed by atoms with van der Waals surface area (Å²) in [5, 5.41) is 8.48. The molecule has 0 saturated carbocycles. The van der Waals surface area contributed by atoms with E-state index in [0.717, 1.165) is 6.54 Å². The maximum Gasteiger partial charge on any atom is 0.213 e. The van der Waals surface area contributed by atoms with Gasteiger partial charge in [0.25, 0.3) is 0 Å². The molecule has 7 heteroatoms. The first-order valence-corrected chi connectivity index (χ1v) is 6.33. The molecule has 1 heterocycles. The monoisotopic (exact) mass is 233 g/mol. The van der Waals surface area contributed by atoms with Crippen LogP contribution in [0.25, 0.3) is 0 Å². The number of imidazole rings is 1. The standard InChI is InChI=1S/C8H15N3O3S/c12-6-7-15(13,14)10-2-1-4-11-5-3-9-8-11/h3,5,8,10,12H,1-2,4,6-7H2. The van der Waals surface area contributed by atoms with Gasteiger partial charge in [-0.3, -0.25) is 0 Å². The van der Waals surface area contributed by atoms with Gasteiger partial charge < -0.3 is 9.67 Å². The molecular weight excluding hydrogens is 218 g/mol. The normalized spacial score (nSPS) is 11.8. The summed E-state index contributed by atoms with van der Waals surface area (Å²) in [7, 11) is -3.30. The topological polar surface area (TPSA) is 84.2 Å². The molecule has 86 valence electrons. The number of sulfonamides is 1. The van der Waals surface area contributed by atoms with Crippen molar-refractivity contribution >= 4 is 10.0 Å². The molecule has 1 rings (SSSR count). The van der Waals surface area contributed by atoms with E-state index < -0.39 is 10.0 Å². The molecule has 0 unspecified atom stereocenters.